The molecule has 4 nitrogen and oxygen atoms in total. The predicted molar refractivity (Wildman–Crippen MR) is 95.4 cm³/mol. The molecule has 136 valence electrons. The molecular weight excluding hydrogens is 302 g/mol. The monoisotopic (exact) mass is 335 g/mol. The molecule has 0 aromatic heterocycles. The van der Waals surface area contributed by atoms with Crippen LogP contribution in [0.15, 0.2) is 12.2 Å². The molecule has 0 radical (unpaired) electrons. The summed E-state index contributed by atoms with van der Waals surface area (Å²) in [4.78, 5) is 27.6. The highest BCUT2D eigenvalue weighted by Gasteiger charge is 2.52. The van der Waals surface area contributed by atoms with Crippen molar-refractivity contribution in [2.75, 3.05) is 20.2 Å². The quantitative estimate of drug-likeness (QED) is 0.402. The number of methoxy groups -OCH3 is 1. The molecule has 0 unspecified atom stereocenters. The molecule has 2 rings (SSSR count). The fourth-order valence-electron chi connectivity index (χ4n) is 4.80. The molecule has 1 saturated heterocycles. The minimum atomic E-state index is -0.467. The highest BCUT2D eigenvalue weighted by atomic mass is 16.5. The number of allylic oxidation sites excluding steroid dienone is 2. The molecule has 0 aromatic carbocycles. The van der Waals surface area contributed by atoms with Gasteiger partial charge in [-0.2, -0.15) is 0 Å². The van der Waals surface area contributed by atoms with Crippen molar-refractivity contribution in [2.45, 2.75) is 65.2 Å². The van der Waals surface area contributed by atoms with Crippen LogP contribution in [0.3, 0.4) is 0 Å². The van der Waals surface area contributed by atoms with Gasteiger partial charge in [-0.3, -0.25) is 9.59 Å². The predicted octanol–water partition coefficient (Wildman–Crippen LogP) is 3.95. The maximum atomic E-state index is 12.9. The first kappa shape index (κ1) is 19.0. The summed E-state index contributed by atoms with van der Waals surface area (Å²) in [5.41, 5.74) is -0.467. The Morgan fingerprint density at radius 2 is 2.00 bits per heavy atom. The third-order valence-electron chi connectivity index (χ3n) is 6.08. The van der Waals surface area contributed by atoms with E-state index in [1.807, 2.05) is 18.7 Å². The van der Waals surface area contributed by atoms with Gasteiger partial charge in [0.25, 0.3) is 0 Å². The lowest BCUT2D eigenvalue weighted by Crippen LogP contribution is -2.44. The van der Waals surface area contributed by atoms with Crippen LogP contribution in [0.5, 0.6) is 0 Å². The molecule has 2 aliphatic rings. The van der Waals surface area contributed by atoms with E-state index >= 15 is 0 Å². The van der Waals surface area contributed by atoms with Crippen LogP contribution in [0.25, 0.3) is 0 Å². The number of amides is 1. The smallest absolute Gasteiger partial charge is 0.312 e. The van der Waals surface area contributed by atoms with Crippen LogP contribution in [0.1, 0.15) is 65.2 Å². The SMILES string of the molecule is C/C=C/CCC[C@]1(C(=O)OC)CCC[C@H]1[C@H](C)C(=O)N1CCCC1. The van der Waals surface area contributed by atoms with E-state index in [1.165, 1.54) is 7.11 Å². The average molecular weight is 335 g/mol. The lowest BCUT2D eigenvalue weighted by atomic mass is 9.68. The molecule has 0 aromatic rings. The van der Waals surface area contributed by atoms with Crippen LogP contribution in [0.2, 0.25) is 0 Å². The Bertz CT molecular complexity index is 468. The highest BCUT2D eigenvalue weighted by molar-refractivity contribution is 5.82. The van der Waals surface area contributed by atoms with Gasteiger partial charge in [0.1, 0.15) is 0 Å². The normalized spacial score (nSPS) is 28.5. The van der Waals surface area contributed by atoms with Crippen molar-refractivity contribution in [1.29, 1.82) is 0 Å². The van der Waals surface area contributed by atoms with Crippen molar-refractivity contribution in [3.8, 4) is 0 Å². The van der Waals surface area contributed by atoms with E-state index < -0.39 is 5.41 Å². The number of carbonyl (C=O) groups is 2. The number of esters is 1. The Balaban J connectivity index is 2.14. The minimum absolute atomic E-state index is 0.0913. The van der Waals surface area contributed by atoms with Crippen LogP contribution in [0, 0.1) is 17.3 Å². The van der Waals surface area contributed by atoms with E-state index in [9.17, 15) is 9.59 Å². The first-order chi connectivity index (χ1) is 11.6. The van der Waals surface area contributed by atoms with E-state index in [0.29, 0.717) is 0 Å². The third-order valence-corrected chi connectivity index (χ3v) is 6.08. The van der Waals surface area contributed by atoms with Gasteiger partial charge < -0.3 is 9.64 Å². The number of hydrogen-bond acceptors (Lipinski definition) is 3. The van der Waals surface area contributed by atoms with Gasteiger partial charge in [0.15, 0.2) is 0 Å². The number of nitrogens with zero attached hydrogens (tertiary/aromatic N) is 1. The molecule has 1 amide bonds. The maximum absolute atomic E-state index is 12.9. The number of rotatable bonds is 7. The zero-order valence-corrected chi connectivity index (χ0v) is 15.6. The third kappa shape index (κ3) is 3.84. The van der Waals surface area contributed by atoms with Gasteiger partial charge in [0, 0.05) is 19.0 Å². The number of carbonyl (C=O) groups excluding carboxylic acids is 2. The summed E-state index contributed by atoms with van der Waals surface area (Å²) < 4.78 is 5.20. The van der Waals surface area contributed by atoms with Crippen LogP contribution in [-0.2, 0) is 14.3 Å². The molecule has 1 aliphatic heterocycles. The van der Waals surface area contributed by atoms with E-state index in [2.05, 4.69) is 12.2 Å². The topological polar surface area (TPSA) is 46.6 Å². The fraction of sp³-hybridized carbons (Fsp3) is 0.800. The van der Waals surface area contributed by atoms with E-state index in [0.717, 1.165) is 64.5 Å². The van der Waals surface area contributed by atoms with Crippen molar-refractivity contribution >= 4 is 11.9 Å². The molecule has 1 aliphatic carbocycles. The largest absolute Gasteiger partial charge is 0.469 e. The van der Waals surface area contributed by atoms with Crippen molar-refractivity contribution in [1.82, 2.24) is 4.90 Å². The molecule has 4 heteroatoms. The molecule has 2 fully saturated rings. The summed E-state index contributed by atoms with van der Waals surface area (Å²) in [5.74, 6) is 0.155. The van der Waals surface area contributed by atoms with Gasteiger partial charge in [-0.25, -0.2) is 0 Å². The Morgan fingerprint density at radius 1 is 1.29 bits per heavy atom. The second-order valence-corrected chi connectivity index (χ2v) is 7.43. The molecule has 0 spiro atoms. The van der Waals surface area contributed by atoms with Gasteiger partial charge in [0.2, 0.25) is 5.91 Å². The van der Waals surface area contributed by atoms with Gasteiger partial charge in [-0.15, -0.1) is 0 Å². The molecular formula is C20H33NO3. The molecule has 1 heterocycles. The summed E-state index contributed by atoms with van der Waals surface area (Å²) in [6.07, 6.45) is 12.0. The lowest BCUT2D eigenvalue weighted by Gasteiger charge is -2.37. The lowest BCUT2D eigenvalue weighted by molar-refractivity contribution is -0.158. The number of hydrogen-bond donors (Lipinski definition) is 0. The fourth-order valence-corrected chi connectivity index (χ4v) is 4.80. The van der Waals surface area contributed by atoms with E-state index in [1.54, 1.807) is 0 Å². The van der Waals surface area contributed by atoms with Gasteiger partial charge in [0.05, 0.1) is 12.5 Å². The summed E-state index contributed by atoms with van der Waals surface area (Å²) in [6.45, 7) is 5.80. The Kier molecular flexibility index (Phi) is 6.88. The number of likely N-dealkylation sites (tertiary alicyclic amines) is 1. The summed E-state index contributed by atoms with van der Waals surface area (Å²) in [7, 11) is 1.48. The second kappa shape index (κ2) is 8.68. The van der Waals surface area contributed by atoms with Crippen molar-refractivity contribution in [3.05, 3.63) is 12.2 Å². The highest BCUT2D eigenvalue weighted by Crippen LogP contribution is 2.51. The minimum Gasteiger partial charge on any atom is -0.469 e. The molecule has 24 heavy (non-hydrogen) atoms. The number of ether oxygens (including phenoxy) is 1. The summed E-state index contributed by atoms with van der Waals surface area (Å²) in [5, 5.41) is 0. The average Bonchev–Trinajstić information content (AvgIpc) is 3.27. The summed E-state index contributed by atoms with van der Waals surface area (Å²) >= 11 is 0. The first-order valence-electron chi connectivity index (χ1n) is 9.55. The van der Waals surface area contributed by atoms with E-state index in [-0.39, 0.29) is 23.7 Å². The molecule has 3 atom stereocenters. The second-order valence-electron chi connectivity index (χ2n) is 7.43. The Morgan fingerprint density at radius 3 is 2.62 bits per heavy atom. The number of unbranched alkanes of at least 4 members (excludes halogenated alkanes) is 1. The van der Waals surface area contributed by atoms with Crippen molar-refractivity contribution in [2.24, 2.45) is 17.3 Å². The Hall–Kier alpha value is -1.32. The maximum Gasteiger partial charge on any atom is 0.312 e. The van der Waals surface area contributed by atoms with Crippen molar-refractivity contribution in [3.63, 3.8) is 0 Å². The zero-order chi connectivity index (χ0) is 17.6. The standard InChI is InChI=1S/C20H33NO3/c1-4-5-6-7-12-20(19(23)24-3)13-10-11-17(20)16(2)18(22)21-14-8-9-15-21/h4-5,16-17H,6-15H2,1-3H3/b5-4+/t16-,17-,20-/m0/s1. The van der Waals surface area contributed by atoms with Crippen LogP contribution >= 0.6 is 0 Å². The van der Waals surface area contributed by atoms with Gasteiger partial charge >= 0.3 is 5.97 Å². The zero-order valence-electron chi connectivity index (χ0n) is 15.6. The summed E-state index contributed by atoms with van der Waals surface area (Å²) in [6, 6.07) is 0. The first-order valence-corrected chi connectivity index (χ1v) is 9.55. The van der Waals surface area contributed by atoms with Crippen LogP contribution in [-0.4, -0.2) is 37.0 Å². The van der Waals surface area contributed by atoms with Crippen LogP contribution in [0.4, 0.5) is 0 Å². The van der Waals surface area contributed by atoms with E-state index in [4.69, 9.17) is 4.74 Å². The molecule has 0 bridgehead atoms. The Labute approximate surface area is 146 Å². The van der Waals surface area contributed by atoms with Gasteiger partial charge in [-0.1, -0.05) is 25.5 Å². The molecule has 0 N–H and O–H groups in total. The van der Waals surface area contributed by atoms with Gasteiger partial charge in [-0.05, 0) is 57.8 Å². The van der Waals surface area contributed by atoms with Crippen molar-refractivity contribution < 1.29 is 14.3 Å². The van der Waals surface area contributed by atoms with Crippen LogP contribution < -0.4 is 0 Å². The molecule has 1 saturated carbocycles.